The summed E-state index contributed by atoms with van der Waals surface area (Å²) in [6, 6.07) is 0. The largest absolute Gasteiger partial charge is 0.318 e. The van der Waals surface area contributed by atoms with E-state index in [1.54, 1.807) is 0 Å². The van der Waals surface area contributed by atoms with Crippen LogP contribution in [0.1, 0.15) is 0 Å². The number of nitrogens with zero attached hydrogens (tertiary/aromatic N) is 1. The van der Waals surface area contributed by atoms with E-state index in [-0.39, 0.29) is 0 Å². The number of fused-ring (bicyclic) bond motifs is 1. The fraction of sp³-hybridized carbons (Fsp3) is 0. The summed E-state index contributed by atoms with van der Waals surface area (Å²) in [6.07, 6.45) is 0. The lowest BCUT2D eigenvalue weighted by Gasteiger charge is -2.07. The van der Waals surface area contributed by atoms with Crippen LogP contribution in [-0.4, -0.2) is 4.79 Å². The number of hydrogen-bond acceptors (Lipinski definition) is 1. The molecule has 0 atom stereocenters. The van der Waals surface area contributed by atoms with Crippen molar-refractivity contribution in [3.05, 3.63) is 45.3 Å². The Morgan fingerprint density at radius 2 is 1.11 bits per heavy atom. The van der Waals surface area contributed by atoms with Crippen LogP contribution in [0.3, 0.4) is 0 Å². The molecule has 0 saturated heterocycles. The van der Waals surface area contributed by atoms with E-state index < -0.39 is 56.2 Å². The van der Waals surface area contributed by atoms with Gasteiger partial charge in [0.1, 0.15) is 5.52 Å². The first-order valence-electron chi connectivity index (χ1n) is 4.20. The van der Waals surface area contributed by atoms with Gasteiger partial charge in [0.15, 0.2) is 29.1 Å². The third-order valence-electron chi connectivity index (χ3n) is 2.22. The second-order valence-electron chi connectivity index (χ2n) is 3.19. The van der Waals surface area contributed by atoms with Crippen LogP contribution >= 0.6 is 0 Å². The van der Waals surface area contributed by atoms with Crippen molar-refractivity contribution in [2.24, 2.45) is 0 Å². The molecule has 18 heavy (non-hydrogen) atoms. The third-order valence-corrected chi connectivity index (χ3v) is 2.22. The van der Waals surface area contributed by atoms with Crippen molar-refractivity contribution in [2.45, 2.75) is 0 Å². The molecule has 0 saturated carbocycles. The second-order valence-corrected chi connectivity index (χ2v) is 3.19. The summed E-state index contributed by atoms with van der Waals surface area (Å²) in [5, 5.41) is -1.83. The highest BCUT2D eigenvalue weighted by molar-refractivity contribution is 5.81. The highest BCUT2D eigenvalue weighted by Crippen LogP contribution is 2.28. The van der Waals surface area contributed by atoms with Gasteiger partial charge in [0, 0.05) is 0 Å². The molecule has 2 nitrogen and oxygen atoms in total. The topological polar surface area (TPSA) is 22.0 Å². The zero-order valence-corrected chi connectivity index (χ0v) is 8.00. The van der Waals surface area contributed by atoms with Crippen LogP contribution in [0.5, 0.6) is 0 Å². The Hall–Kier alpha value is -2.06. The number of rotatable bonds is 0. The monoisotopic (exact) mass is 271 g/mol. The second kappa shape index (κ2) is 3.72. The summed E-state index contributed by atoms with van der Waals surface area (Å²) in [4.78, 5) is 9.39. The lowest BCUT2D eigenvalue weighted by Crippen LogP contribution is -2.22. The van der Waals surface area contributed by atoms with Gasteiger partial charge >= 0.3 is 5.56 Å². The van der Waals surface area contributed by atoms with Crippen LogP contribution in [0.25, 0.3) is 10.9 Å². The smallest absolute Gasteiger partial charge is 0.263 e. The number of hydrogen-bond donors (Lipinski definition) is 0. The van der Waals surface area contributed by atoms with Gasteiger partial charge in [0.2, 0.25) is 5.82 Å². The van der Waals surface area contributed by atoms with Crippen LogP contribution in [0.2, 0.25) is 0 Å². The lowest BCUT2D eigenvalue weighted by molar-refractivity contribution is 0.337. The summed E-state index contributed by atoms with van der Waals surface area (Å²) in [5.74, 6) is -14.3. The Balaban J connectivity index is 3.27. The molecule has 9 heteroatoms. The van der Waals surface area contributed by atoms with Crippen molar-refractivity contribution in [3.8, 4) is 0 Å². The van der Waals surface area contributed by atoms with E-state index in [2.05, 4.69) is 0 Å². The molecule has 96 valence electrons. The molecular weight excluding hydrogens is 271 g/mol. The Morgan fingerprint density at radius 3 is 1.67 bits per heavy atom. The summed E-state index contributed by atoms with van der Waals surface area (Å²) in [7, 11) is 0. The first-order valence-corrected chi connectivity index (χ1v) is 4.20. The van der Waals surface area contributed by atoms with E-state index in [9.17, 15) is 35.6 Å². The zero-order chi connectivity index (χ0) is 13.8. The fourth-order valence-electron chi connectivity index (χ4n) is 1.40. The quantitative estimate of drug-likeness (QED) is 0.410. The first-order chi connectivity index (χ1) is 8.29. The maximum atomic E-state index is 13.1. The van der Waals surface area contributed by atoms with Gasteiger partial charge in [-0.15, -0.1) is 4.79 Å². The molecule has 0 unspecified atom stereocenters. The highest BCUT2D eigenvalue weighted by atomic mass is 19.2. The molecule has 2 aromatic rings. The van der Waals surface area contributed by atoms with E-state index in [0.717, 1.165) is 0 Å². The molecule has 0 aliphatic heterocycles. The van der Waals surface area contributed by atoms with Gasteiger partial charge in [-0.2, -0.15) is 4.39 Å². The molecule has 0 bridgehead atoms. The molecule has 0 radical (unpaired) electrons. The predicted molar refractivity (Wildman–Crippen MR) is 44.5 cm³/mol. The van der Waals surface area contributed by atoms with E-state index in [1.807, 2.05) is 0 Å². The Bertz CT molecular complexity index is 736. The molecule has 1 heterocycles. The van der Waals surface area contributed by atoms with E-state index >= 15 is 0 Å². The van der Waals surface area contributed by atoms with Crippen molar-refractivity contribution < 1.29 is 30.8 Å². The summed E-state index contributed by atoms with van der Waals surface area (Å²) in [5.41, 5.74) is -4.14. The number of benzene rings is 1. The minimum atomic E-state index is -2.45. The van der Waals surface area contributed by atoms with Crippen LogP contribution in [0, 0.1) is 34.9 Å². The van der Waals surface area contributed by atoms with Crippen molar-refractivity contribution >= 4 is 10.9 Å². The Morgan fingerprint density at radius 1 is 0.667 bits per heavy atom. The normalized spacial score (nSPS) is 11.3. The van der Waals surface area contributed by atoms with Gasteiger partial charge in [-0.3, -0.25) is 4.79 Å². The molecular formula is C9F7NO. The van der Waals surface area contributed by atoms with Crippen molar-refractivity contribution in [1.82, 2.24) is 4.79 Å². The Kier molecular flexibility index (Phi) is 2.56. The molecule has 0 aliphatic rings. The number of aromatic nitrogens is 1. The Labute approximate surface area is 92.8 Å². The molecule has 0 amide bonds. The van der Waals surface area contributed by atoms with Crippen molar-refractivity contribution in [1.29, 1.82) is 0 Å². The van der Waals surface area contributed by atoms with Crippen molar-refractivity contribution in [3.63, 3.8) is 0 Å². The average Bonchev–Trinajstić information content (AvgIpc) is 2.35. The molecule has 1 aromatic carbocycles. The molecule has 0 aliphatic carbocycles. The van der Waals surface area contributed by atoms with Gasteiger partial charge in [-0.05, 0) is 0 Å². The maximum absolute atomic E-state index is 13.1. The maximum Gasteiger partial charge on any atom is 0.318 e. The fourth-order valence-corrected chi connectivity index (χ4v) is 1.40. The van der Waals surface area contributed by atoms with Crippen molar-refractivity contribution in [2.75, 3.05) is 0 Å². The summed E-state index contributed by atoms with van der Waals surface area (Å²) < 4.78 is 90.8. The number of halogens is 7. The average molecular weight is 271 g/mol. The van der Waals surface area contributed by atoms with E-state index in [0.29, 0.717) is 0 Å². The van der Waals surface area contributed by atoms with Gasteiger partial charge < -0.3 is 0 Å². The standard InChI is InChI=1S/C9F7NO/c10-2-1-3(11)7(15)9(18)17(16)8(1)6(14)5(13)4(2)12. The minimum Gasteiger partial charge on any atom is -0.263 e. The SMILES string of the molecule is O=c1c(F)c(F)c2c(F)c(F)c(F)c(F)c2n1F. The van der Waals surface area contributed by atoms with Gasteiger partial charge in [0.05, 0.1) is 5.39 Å². The summed E-state index contributed by atoms with van der Waals surface area (Å²) >= 11 is 0. The molecule has 2 rings (SSSR count). The lowest BCUT2D eigenvalue weighted by atomic mass is 10.1. The van der Waals surface area contributed by atoms with Crippen LogP contribution in [0.15, 0.2) is 4.79 Å². The van der Waals surface area contributed by atoms with E-state index in [4.69, 9.17) is 0 Å². The minimum absolute atomic E-state index is 1.34. The molecule has 0 N–H and O–H groups in total. The molecule has 0 spiro atoms. The molecule has 1 aromatic heterocycles. The van der Waals surface area contributed by atoms with Gasteiger partial charge in [0.25, 0.3) is 0 Å². The highest BCUT2D eigenvalue weighted by Gasteiger charge is 2.29. The summed E-state index contributed by atoms with van der Waals surface area (Å²) in [6.45, 7) is 0. The number of pyridine rings is 1. The van der Waals surface area contributed by atoms with Crippen LogP contribution < -0.4 is 5.56 Å². The third kappa shape index (κ3) is 1.33. The zero-order valence-electron chi connectivity index (χ0n) is 8.00. The van der Waals surface area contributed by atoms with Gasteiger partial charge in [-0.1, -0.05) is 4.48 Å². The first kappa shape index (κ1) is 12.4. The van der Waals surface area contributed by atoms with Crippen LogP contribution in [0.4, 0.5) is 30.8 Å². The predicted octanol–water partition coefficient (Wildman–Crippen LogP) is 2.57. The molecule has 0 fully saturated rings. The van der Waals surface area contributed by atoms with Gasteiger partial charge in [-0.25, -0.2) is 22.0 Å². The van der Waals surface area contributed by atoms with Crippen LogP contribution in [-0.2, 0) is 0 Å². The van der Waals surface area contributed by atoms with E-state index in [1.165, 1.54) is 0 Å².